The molecule has 0 fully saturated rings. The van der Waals surface area contributed by atoms with E-state index in [4.69, 9.17) is 21.7 Å². The predicted molar refractivity (Wildman–Crippen MR) is 56.7 cm³/mol. The summed E-state index contributed by atoms with van der Waals surface area (Å²) < 4.78 is 11.2. The molecule has 9 heteroatoms. The molecule has 6 N–H and O–H groups in total. The molecule has 0 saturated carbocycles. The highest BCUT2D eigenvalue weighted by molar-refractivity contribution is 8.69. The van der Waals surface area contributed by atoms with Crippen molar-refractivity contribution in [2.24, 2.45) is 11.5 Å². The topological polar surface area (TPSA) is 144 Å². The second-order valence-electron chi connectivity index (χ2n) is 2.64. The number of carboxylic acid groups (broad SMARTS) is 2. The van der Waals surface area contributed by atoms with Crippen LogP contribution < -0.4 is 11.5 Å². The first kappa shape index (κ1) is 14.4. The lowest BCUT2D eigenvalue weighted by atomic mass is 10.4. The summed E-state index contributed by atoms with van der Waals surface area (Å²) in [5, 5.41) is 16.8. The van der Waals surface area contributed by atoms with Crippen molar-refractivity contribution in [1.29, 1.82) is 0 Å². The van der Waals surface area contributed by atoms with Gasteiger partial charge in [0.15, 0.2) is 0 Å². The van der Waals surface area contributed by atoms with Crippen molar-refractivity contribution in [1.82, 2.24) is 0 Å². The number of rotatable bonds is 7. The molecule has 0 aliphatic rings. The van der Waals surface area contributed by atoms with Gasteiger partial charge < -0.3 is 21.7 Å². The highest BCUT2D eigenvalue weighted by atomic mass is 33.1. The van der Waals surface area contributed by atoms with E-state index in [1.165, 1.54) is 0 Å². The quantitative estimate of drug-likeness (QED) is 0.391. The van der Waals surface area contributed by atoms with Crippen LogP contribution in [0.1, 0.15) is 0 Å². The Labute approximate surface area is 92.1 Å². The van der Waals surface area contributed by atoms with Crippen LogP contribution in [-0.4, -0.2) is 49.9 Å². The van der Waals surface area contributed by atoms with E-state index >= 15 is 0 Å². The van der Waals surface area contributed by atoms with E-state index in [0.717, 1.165) is 10.8 Å². The van der Waals surface area contributed by atoms with Gasteiger partial charge in [-0.15, -0.1) is 0 Å². The monoisotopic (exact) mass is 256 g/mol. The van der Waals surface area contributed by atoms with Gasteiger partial charge in [0.05, 0.1) is 15.6 Å². The number of hydrogen-bond donors (Lipinski definition) is 4. The Balaban J connectivity index is 3.85. The average Bonchev–Trinajstić information content (AvgIpc) is 2.13. The Bertz CT molecular complexity index is 272. The maximum atomic E-state index is 11.2. The van der Waals surface area contributed by atoms with Crippen LogP contribution in [0.15, 0.2) is 0 Å². The number of hydrogen-bond acceptors (Lipinski definition) is 6. The summed E-state index contributed by atoms with van der Waals surface area (Å²) >= 11 is 0. The molecular formula is C6H12N2O5S2. The van der Waals surface area contributed by atoms with Crippen LogP contribution in [0, 0.1) is 0 Å². The van der Waals surface area contributed by atoms with Crippen LogP contribution in [0.4, 0.5) is 0 Å². The highest BCUT2D eigenvalue weighted by Crippen LogP contribution is 2.09. The largest absolute Gasteiger partial charge is 0.480 e. The minimum Gasteiger partial charge on any atom is -0.480 e. The molecule has 0 aliphatic carbocycles. The van der Waals surface area contributed by atoms with Crippen molar-refractivity contribution in [3.63, 3.8) is 0 Å². The lowest BCUT2D eigenvalue weighted by Crippen LogP contribution is -2.36. The number of carboxylic acids is 2. The van der Waals surface area contributed by atoms with Gasteiger partial charge in [0.1, 0.15) is 12.1 Å². The van der Waals surface area contributed by atoms with Gasteiger partial charge in [0.25, 0.3) is 0 Å². The molecule has 7 nitrogen and oxygen atoms in total. The molecule has 0 saturated heterocycles. The van der Waals surface area contributed by atoms with Crippen LogP contribution in [0.3, 0.4) is 0 Å². The van der Waals surface area contributed by atoms with Gasteiger partial charge in [0, 0.05) is 5.75 Å². The molecule has 0 aromatic carbocycles. The second kappa shape index (κ2) is 6.77. The van der Waals surface area contributed by atoms with Crippen molar-refractivity contribution in [2.45, 2.75) is 12.1 Å². The maximum Gasteiger partial charge on any atom is 0.321 e. The zero-order chi connectivity index (χ0) is 12.0. The first-order chi connectivity index (χ1) is 6.84. The Morgan fingerprint density at radius 3 is 2.07 bits per heavy atom. The number of carbonyl (C=O) groups is 2. The molecule has 0 aromatic rings. The van der Waals surface area contributed by atoms with E-state index in [2.05, 4.69) is 0 Å². The van der Waals surface area contributed by atoms with Crippen LogP contribution in [0.2, 0.25) is 0 Å². The van der Waals surface area contributed by atoms with Gasteiger partial charge >= 0.3 is 11.9 Å². The van der Waals surface area contributed by atoms with E-state index in [9.17, 15) is 13.8 Å². The maximum absolute atomic E-state index is 11.2. The fraction of sp³-hybridized carbons (Fsp3) is 0.667. The SMILES string of the molecule is NC(CSS(=O)CC(N)C(=O)O)C(=O)O. The van der Waals surface area contributed by atoms with Crippen LogP contribution in [-0.2, 0) is 19.4 Å². The molecule has 3 unspecified atom stereocenters. The summed E-state index contributed by atoms with van der Waals surface area (Å²) in [6.45, 7) is 0. The zero-order valence-corrected chi connectivity index (χ0v) is 9.29. The molecule has 15 heavy (non-hydrogen) atoms. The lowest BCUT2D eigenvalue weighted by molar-refractivity contribution is -0.138. The molecule has 3 atom stereocenters. The van der Waals surface area contributed by atoms with E-state index < -0.39 is 33.9 Å². The van der Waals surface area contributed by atoms with Gasteiger partial charge in [-0.05, 0) is 0 Å². The normalized spacial score (nSPS) is 16.7. The Hall–Kier alpha value is -0.640. The molecule has 0 radical (unpaired) electrons. The van der Waals surface area contributed by atoms with Crippen LogP contribution in [0.5, 0.6) is 0 Å². The third kappa shape index (κ3) is 6.44. The van der Waals surface area contributed by atoms with Gasteiger partial charge in [-0.2, -0.15) is 0 Å². The van der Waals surface area contributed by atoms with E-state index in [1.54, 1.807) is 0 Å². The molecule has 0 bridgehead atoms. The summed E-state index contributed by atoms with van der Waals surface area (Å²) in [6.07, 6.45) is 0. The second-order valence-corrected chi connectivity index (χ2v) is 5.98. The predicted octanol–water partition coefficient (Wildman–Crippen LogP) is -1.79. The molecule has 0 amide bonds. The van der Waals surface area contributed by atoms with Gasteiger partial charge in [-0.1, -0.05) is 10.8 Å². The van der Waals surface area contributed by atoms with Crippen molar-refractivity contribution < 1.29 is 24.0 Å². The highest BCUT2D eigenvalue weighted by Gasteiger charge is 2.18. The van der Waals surface area contributed by atoms with Crippen molar-refractivity contribution in [2.75, 3.05) is 11.5 Å². The van der Waals surface area contributed by atoms with Gasteiger partial charge in [-0.25, -0.2) is 4.21 Å². The van der Waals surface area contributed by atoms with Gasteiger partial charge in [0.2, 0.25) is 0 Å². The zero-order valence-electron chi connectivity index (χ0n) is 7.66. The summed E-state index contributed by atoms with van der Waals surface area (Å²) in [5.74, 6) is -2.71. The molecular weight excluding hydrogens is 244 g/mol. The average molecular weight is 256 g/mol. The first-order valence-corrected chi connectivity index (χ1v) is 6.65. The van der Waals surface area contributed by atoms with Crippen LogP contribution >= 0.6 is 10.8 Å². The van der Waals surface area contributed by atoms with E-state index in [0.29, 0.717) is 0 Å². The standard InChI is InChI=1S/C6H12N2O5S2/c7-3(5(9)10)1-14-15(13)2-4(8)6(11)12/h3-4H,1-2,7-8H2,(H,9,10)(H,11,12). The molecule has 0 aromatic heterocycles. The molecule has 0 rings (SSSR count). The van der Waals surface area contributed by atoms with Crippen molar-refractivity contribution in [3.05, 3.63) is 0 Å². The summed E-state index contributed by atoms with van der Waals surface area (Å²) in [4.78, 5) is 20.6. The van der Waals surface area contributed by atoms with Crippen molar-refractivity contribution in [3.8, 4) is 0 Å². The summed E-state index contributed by atoms with van der Waals surface area (Å²) in [7, 11) is -0.759. The minimum atomic E-state index is -1.54. The summed E-state index contributed by atoms with van der Waals surface area (Å²) in [5.41, 5.74) is 10.3. The van der Waals surface area contributed by atoms with Crippen molar-refractivity contribution >= 4 is 32.6 Å². The van der Waals surface area contributed by atoms with Crippen LogP contribution in [0.25, 0.3) is 0 Å². The first-order valence-electron chi connectivity index (χ1n) is 3.83. The smallest absolute Gasteiger partial charge is 0.321 e. The number of nitrogens with two attached hydrogens (primary N) is 2. The minimum absolute atomic E-state index is 0.0473. The Morgan fingerprint density at radius 1 is 1.20 bits per heavy atom. The molecule has 0 spiro atoms. The Kier molecular flexibility index (Phi) is 6.48. The third-order valence-electron chi connectivity index (χ3n) is 1.33. The Morgan fingerprint density at radius 2 is 1.67 bits per heavy atom. The molecule has 88 valence electrons. The summed E-state index contributed by atoms with van der Waals surface area (Å²) in [6, 6.07) is -2.32. The molecule has 0 heterocycles. The fourth-order valence-electron chi connectivity index (χ4n) is 0.486. The van der Waals surface area contributed by atoms with E-state index in [-0.39, 0.29) is 11.5 Å². The van der Waals surface area contributed by atoms with Gasteiger partial charge in [-0.3, -0.25) is 9.59 Å². The molecule has 0 aliphatic heterocycles. The third-order valence-corrected chi connectivity index (χ3v) is 4.32. The lowest BCUT2D eigenvalue weighted by Gasteiger charge is -2.07. The van der Waals surface area contributed by atoms with E-state index in [1.807, 2.05) is 0 Å². The fourth-order valence-corrected chi connectivity index (χ4v) is 3.08. The number of aliphatic carboxylic acids is 2.